The molecule has 1 radical (unpaired) electrons. The zero-order valence-electron chi connectivity index (χ0n) is 14.7. The minimum absolute atomic E-state index is 0.104. The number of hydroxylamine groups is 2. The van der Waals surface area contributed by atoms with Gasteiger partial charge in [-0.2, -0.15) is 12.6 Å². The van der Waals surface area contributed by atoms with Gasteiger partial charge >= 0.3 is 0 Å². The molecule has 1 fully saturated rings. The largest absolute Gasteiger partial charge is 0.353 e. The summed E-state index contributed by atoms with van der Waals surface area (Å²) in [5.74, 6) is 1.08. The van der Waals surface area contributed by atoms with Crippen LogP contribution in [0.5, 0.6) is 0 Å². The molecule has 0 aromatic heterocycles. The number of hydrogen-bond acceptors (Lipinski definition) is 3. The number of piperidine rings is 1. The third kappa shape index (κ3) is 6.09. The first-order valence-electron chi connectivity index (χ1n) is 8.57. The Bertz CT molecular complexity index is 341. The van der Waals surface area contributed by atoms with Gasteiger partial charge in [0.15, 0.2) is 0 Å². The molecule has 5 heteroatoms. The molecule has 0 aromatic rings. The lowest BCUT2D eigenvalue weighted by Crippen LogP contribution is -2.62. The number of nitrogens with one attached hydrogen (secondary N) is 1. The maximum absolute atomic E-state index is 12.3. The molecule has 0 bridgehead atoms. The molecule has 0 atom stereocenters. The highest BCUT2D eigenvalue weighted by molar-refractivity contribution is 7.80. The van der Waals surface area contributed by atoms with Crippen molar-refractivity contribution in [2.75, 3.05) is 5.75 Å². The summed E-state index contributed by atoms with van der Waals surface area (Å²) >= 11 is 4.20. The van der Waals surface area contributed by atoms with Gasteiger partial charge in [-0.1, -0.05) is 19.3 Å². The van der Waals surface area contributed by atoms with Crippen LogP contribution >= 0.6 is 12.6 Å². The molecule has 0 unspecified atom stereocenters. The zero-order chi connectivity index (χ0) is 16.8. The van der Waals surface area contributed by atoms with Crippen LogP contribution < -0.4 is 5.32 Å². The number of carbonyl (C=O) groups is 1. The fraction of sp³-hybridized carbons (Fsp3) is 0.941. The monoisotopic (exact) mass is 329 g/mol. The molecule has 0 saturated carbocycles. The normalized spacial score (nSPS) is 21.7. The summed E-state index contributed by atoms with van der Waals surface area (Å²) in [4.78, 5) is 12.1. The predicted molar refractivity (Wildman–Crippen MR) is 93.4 cm³/mol. The van der Waals surface area contributed by atoms with E-state index >= 15 is 0 Å². The second-order valence-electron chi connectivity index (χ2n) is 7.83. The summed E-state index contributed by atoms with van der Waals surface area (Å²) in [6.45, 7) is 7.84. The molecular formula is C17H33N2O2S. The summed E-state index contributed by atoms with van der Waals surface area (Å²) in [5.41, 5.74) is -0.848. The second-order valence-corrected chi connectivity index (χ2v) is 8.28. The molecule has 0 spiro atoms. The highest BCUT2D eigenvalue weighted by Gasteiger charge is 2.46. The van der Waals surface area contributed by atoms with Crippen LogP contribution in [0.15, 0.2) is 0 Å². The standard InChI is InChI=1S/C17H33N2O2S/c1-16(2)12-14(13-17(3,4)19(16)21)18-15(20)10-8-6-5-7-9-11-22/h14,22H,5-13H2,1-4H3,(H,18,20). The van der Waals surface area contributed by atoms with Gasteiger partial charge in [0.05, 0.1) is 0 Å². The van der Waals surface area contributed by atoms with Crippen molar-refractivity contribution in [1.82, 2.24) is 10.4 Å². The Balaban J connectivity index is 2.32. The molecule has 1 rings (SSSR count). The van der Waals surface area contributed by atoms with E-state index in [1.54, 1.807) is 0 Å². The number of carbonyl (C=O) groups excluding carboxylic acids is 1. The summed E-state index contributed by atoms with van der Waals surface area (Å²) in [6.07, 6.45) is 7.63. The molecule has 0 aliphatic carbocycles. The van der Waals surface area contributed by atoms with Crippen molar-refractivity contribution in [3.8, 4) is 0 Å². The van der Waals surface area contributed by atoms with Crippen LogP contribution in [0.4, 0.5) is 0 Å². The van der Waals surface area contributed by atoms with Gasteiger partial charge in [0, 0.05) is 23.5 Å². The number of hydrogen-bond donors (Lipinski definition) is 2. The Labute approximate surface area is 141 Å². The fourth-order valence-electron chi connectivity index (χ4n) is 3.59. The molecule has 1 aliphatic rings. The van der Waals surface area contributed by atoms with Crippen LogP contribution in [0.2, 0.25) is 0 Å². The molecule has 22 heavy (non-hydrogen) atoms. The number of rotatable bonds is 8. The van der Waals surface area contributed by atoms with E-state index in [4.69, 9.17) is 0 Å². The van der Waals surface area contributed by atoms with Crippen LogP contribution in [0.1, 0.15) is 79.1 Å². The molecule has 129 valence electrons. The van der Waals surface area contributed by atoms with Gasteiger partial charge in [-0.25, -0.2) is 0 Å². The Kier molecular flexibility index (Phi) is 7.69. The lowest BCUT2D eigenvalue weighted by atomic mass is 9.79. The summed E-state index contributed by atoms with van der Waals surface area (Å²) in [7, 11) is 0. The number of nitrogens with zero attached hydrogens (tertiary/aromatic N) is 1. The fourth-order valence-corrected chi connectivity index (χ4v) is 3.82. The number of thiol groups is 1. The lowest BCUT2D eigenvalue weighted by Gasteiger charge is -2.50. The van der Waals surface area contributed by atoms with E-state index in [-0.39, 0.29) is 11.9 Å². The summed E-state index contributed by atoms with van der Waals surface area (Å²) in [6, 6.07) is 0.104. The van der Waals surface area contributed by atoms with Crippen LogP contribution in [-0.4, -0.2) is 33.8 Å². The molecule has 0 aromatic carbocycles. The Morgan fingerprint density at radius 1 is 1.05 bits per heavy atom. The van der Waals surface area contributed by atoms with E-state index in [1.165, 1.54) is 17.9 Å². The Morgan fingerprint density at radius 2 is 1.55 bits per heavy atom. The van der Waals surface area contributed by atoms with Gasteiger partial charge < -0.3 is 5.32 Å². The van der Waals surface area contributed by atoms with Crippen molar-refractivity contribution < 1.29 is 10.0 Å². The molecule has 4 nitrogen and oxygen atoms in total. The second kappa shape index (κ2) is 8.55. The molecular weight excluding hydrogens is 296 g/mol. The van der Waals surface area contributed by atoms with Gasteiger partial charge in [-0.05, 0) is 59.1 Å². The van der Waals surface area contributed by atoms with Gasteiger partial charge in [-0.15, -0.1) is 10.3 Å². The number of unbranched alkanes of at least 4 members (excludes halogenated alkanes) is 4. The molecule has 1 saturated heterocycles. The topological polar surface area (TPSA) is 52.2 Å². The Morgan fingerprint density at radius 3 is 2.09 bits per heavy atom. The quantitative estimate of drug-likeness (QED) is 0.526. The summed E-state index contributed by atoms with van der Waals surface area (Å²) < 4.78 is 0. The van der Waals surface area contributed by atoms with Gasteiger partial charge in [0.2, 0.25) is 5.91 Å². The molecule has 1 amide bonds. The highest BCUT2D eigenvalue weighted by Crippen LogP contribution is 2.36. The van der Waals surface area contributed by atoms with E-state index < -0.39 is 11.1 Å². The average Bonchev–Trinajstić information content (AvgIpc) is 2.39. The molecule has 1 N–H and O–H groups in total. The molecule has 1 heterocycles. The van der Waals surface area contributed by atoms with Crippen LogP contribution in [0.25, 0.3) is 0 Å². The van der Waals surface area contributed by atoms with E-state index in [1.807, 2.05) is 27.7 Å². The number of amides is 1. The third-order valence-electron chi connectivity index (χ3n) is 4.52. The van der Waals surface area contributed by atoms with Crippen LogP contribution in [0, 0.1) is 0 Å². The van der Waals surface area contributed by atoms with Crippen molar-refractivity contribution in [3.05, 3.63) is 0 Å². The SMILES string of the molecule is CC1(C)CC(NC(=O)CCCCCCCS)CC(C)(C)N1[O]. The first-order valence-corrected chi connectivity index (χ1v) is 9.20. The van der Waals surface area contributed by atoms with E-state index in [2.05, 4.69) is 17.9 Å². The average molecular weight is 330 g/mol. The van der Waals surface area contributed by atoms with Crippen molar-refractivity contribution in [1.29, 1.82) is 0 Å². The first-order chi connectivity index (χ1) is 10.2. The van der Waals surface area contributed by atoms with Gasteiger partial charge in [0.1, 0.15) is 0 Å². The Hall–Kier alpha value is -0.260. The smallest absolute Gasteiger partial charge is 0.220 e. The van der Waals surface area contributed by atoms with E-state index in [0.29, 0.717) is 19.3 Å². The highest BCUT2D eigenvalue weighted by atomic mass is 32.1. The maximum atomic E-state index is 12.3. The van der Waals surface area contributed by atoms with E-state index in [9.17, 15) is 10.0 Å². The van der Waals surface area contributed by atoms with Crippen molar-refractivity contribution in [2.45, 2.75) is 96.2 Å². The molecule has 1 aliphatic heterocycles. The minimum Gasteiger partial charge on any atom is -0.353 e. The zero-order valence-corrected chi connectivity index (χ0v) is 15.5. The first kappa shape index (κ1) is 19.8. The van der Waals surface area contributed by atoms with E-state index in [0.717, 1.165) is 25.0 Å². The van der Waals surface area contributed by atoms with Crippen LogP contribution in [-0.2, 0) is 10.0 Å². The van der Waals surface area contributed by atoms with Crippen LogP contribution in [0.3, 0.4) is 0 Å². The lowest BCUT2D eigenvalue weighted by molar-refractivity contribution is -0.290. The maximum Gasteiger partial charge on any atom is 0.220 e. The third-order valence-corrected chi connectivity index (χ3v) is 4.83. The summed E-state index contributed by atoms with van der Waals surface area (Å²) in [5, 5.41) is 16.6. The predicted octanol–water partition coefficient (Wildman–Crippen LogP) is 3.74. The minimum atomic E-state index is -0.424. The van der Waals surface area contributed by atoms with Crippen molar-refractivity contribution >= 4 is 18.5 Å². The van der Waals surface area contributed by atoms with Gasteiger partial charge in [0.25, 0.3) is 0 Å². The van der Waals surface area contributed by atoms with Crippen molar-refractivity contribution in [3.63, 3.8) is 0 Å². The van der Waals surface area contributed by atoms with Crippen molar-refractivity contribution in [2.24, 2.45) is 0 Å². The van der Waals surface area contributed by atoms with Gasteiger partial charge in [-0.3, -0.25) is 4.79 Å².